The molecule has 1 aliphatic carbocycles. The van der Waals surface area contributed by atoms with E-state index in [-0.39, 0.29) is 17.7 Å². The van der Waals surface area contributed by atoms with E-state index in [1.165, 1.54) is 0 Å². The lowest BCUT2D eigenvalue weighted by molar-refractivity contribution is -0.118. The van der Waals surface area contributed by atoms with E-state index in [9.17, 15) is 4.79 Å². The molecule has 0 aromatic rings. The van der Waals surface area contributed by atoms with Gasteiger partial charge in [-0.1, -0.05) is 37.3 Å². The molecule has 3 nitrogen and oxygen atoms in total. The monoisotopic (exact) mass is 220 g/mol. The lowest BCUT2D eigenvalue weighted by Crippen LogP contribution is -2.27. The number of allylic oxidation sites excluding steroid dienone is 4. The second kappa shape index (κ2) is 5.77. The van der Waals surface area contributed by atoms with Crippen molar-refractivity contribution < 1.29 is 4.79 Å². The molecule has 0 radical (unpaired) electrons. The zero-order chi connectivity index (χ0) is 12.1. The summed E-state index contributed by atoms with van der Waals surface area (Å²) in [7, 11) is 3.93. The van der Waals surface area contributed by atoms with E-state index in [2.05, 4.69) is 0 Å². The van der Waals surface area contributed by atoms with Crippen molar-refractivity contribution in [2.24, 2.45) is 11.7 Å². The Labute approximate surface area is 97.3 Å². The van der Waals surface area contributed by atoms with E-state index in [4.69, 9.17) is 5.73 Å². The lowest BCUT2D eigenvalue weighted by atomic mass is 9.97. The summed E-state index contributed by atoms with van der Waals surface area (Å²) in [5.41, 5.74) is 6.51. The van der Waals surface area contributed by atoms with Crippen molar-refractivity contribution in [1.82, 2.24) is 4.90 Å². The van der Waals surface area contributed by atoms with Crippen LogP contribution in [0.3, 0.4) is 0 Å². The summed E-state index contributed by atoms with van der Waals surface area (Å²) in [5, 5.41) is 0. The van der Waals surface area contributed by atoms with Crippen molar-refractivity contribution >= 4 is 5.78 Å². The fraction of sp³-hybridized carbons (Fsp3) is 0.462. The van der Waals surface area contributed by atoms with Gasteiger partial charge in [0.15, 0.2) is 5.78 Å². The number of nitrogens with two attached hydrogens (primary N) is 1. The normalized spacial score (nSPS) is 21.8. The predicted molar refractivity (Wildman–Crippen MR) is 67.1 cm³/mol. The van der Waals surface area contributed by atoms with Crippen molar-refractivity contribution in [1.29, 1.82) is 0 Å². The molecule has 1 aliphatic rings. The smallest absolute Gasteiger partial charge is 0.166 e. The first-order valence-electron chi connectivity index (χ1n) is 5.52. The average Bonchev–Trinajstić information content (AvgIpc) is 2.40. The summed E-state index contributed by atoms with van der Waals surface area (Å²) in [4.78, 5) is 14.1. The molecule has 0 fully saturated rings. The molecular weight excluding hydrogens is 200 g/mol. The Balaban J connectivity index is 2.73. The Kier molecular flexibility index (Phi) is 4.65. The second-order valence-electron chi connectivity index (χ2n) is 4.47. The number of rotatable bonds is 4. The van der Waals surface area contributed by atoms with Crippen LogP contribution in [-0.2, 0) is 4.79 Å². The third kappa shape index (κ3) is 3.76. The van der Waals surface area contributed by atoms with Gasteiger partial charge in [0.1, 0.15) is 0 Å². The van der Waals surface area contributed by atoms with E-state index in [1.807, 2.05) is 56.3 Å². The number of hydrogen-bond acceptors (Lipinski definition) is 3. The highest BCUT2D eigenvalue weighted by molar-refractivity contribution is 5.99. The molecule has 2 N–H and O–H groups in total. The molecule has 16 heavy (non-hydrogen) atoms. The third-order valence-corrected chi connectivity index (χ3v) is 2.46. The summed E-state index contributed by atoms with van der Waals surface area (Å²) < 4.78 is 0. The van der Waals surface area contributed by atoms with Crippen molar-refractivity contribution in [2.75, 3.05) is 20.6 Å². The Morgan fingerprint density at radius 3 is 2.81 bits per heavy atom. The Bertz CT molecular complexity index is 340. The van der Waals surface area contributed by atoms with Crippen LogP contribution < -0.4 is 5.73 Å². The van der Waals surface area contributed by atoms with E-state index in [1.54, 1.807) is 0 Å². The molecule has 0 aromatic carbocycles. The number of carbonyl (C=O) groups is 1. The van der Waals surface area contributed by atoms with Crippen LogP contribution in [0, 0.1) is 5.92 Å². The highest BCUT2D eigenvalue weighted by Crippen LogP contribution is 2.12. The molecule has 0 saturated heterocycles. The van der Waals surface area contributed by atoms with Gasteiger partial charge in [-0.25, -0.2) is 0 Å². The minimum Gasteiger partial charge on any atom is -0.321 e. The van der Waals surface area contributed by atoms with Crippen LogP contribution in [0.5, 0.6) is 0 Å². The van der Waals surface area contributed by atoms with E-state index in [0.29, 0.717) is 5.57 Å². The van der Waals surface area contributed by atoms with Gasteiger partial charge in [0.2, 0.25) is 0 Å². The number of ketones is 1. The summed E-state index contributed by atoms with van der Waals surface area (Å²) in [5.74, 6) is 0.153. The standard InChI is InChI=1S/C13H20N2O/c1-10(9-15(2)3)13(16)11-6-4-5-7-12(14)8-11/h4-8,10,12H,9,14H2,1-3H3/t10-,12?/m0/s1. The molecule has 0 aromatic heterocycles. The first-order chi connectivity index (χ1) is 7.50. The van der Waals surface area contributed by atoms with E-state index < -0.39 is 0 Å². The first kappa shape index (κ1) is 12.9. The largest absolute Gasteiger partial charge is 0.321 e. The van der Waals surface area contributed by atoms with Gasteiger partial charge in [0.05, 0.1) is 0 Å². The minimum absolute atomic E-state index is 0.00352. The highest BCUT2D eigenvalue weighted by Gasteiger charge is 2.17. The van der Waals surface area contributed by atoms with Crippen LogP contribution in [0.1, 0.15) is 6.92 Å². The second-order valence-corrected chi connectivity index (χ2v) is 4.47. The summed E-state index contributed by atoms with van der Waals surface area (Å²) in [6.07, 6.45) is 9.25. The van der Waals surface area contributed by atoms with Gasteiger partial charge in [0, 0.05) is 24.1 Å². The predicted octanol–water partition coefficient (Wildman–Crippen LogP) is 1.13. The molecule has 0 heterocycles. The Hall–Kier alpha value is -1.19. The van der Waals surface area contributed by atoms with Crippen LogP contribution in [0.25, 0.3) is 0 Å². The first-order valence-corrected chi connectivity index (χ1v) is 5.52. The SMILES string of the molecule is C[C@@H](CN(C)C)C(=O)C1=CC(N)C=CC=C1. The number of hydrogen-bond donors (Lipinski definition) is 1. The third-order valence-electron chi connectivity index (χ3n) is 2.46. The van der Waals surface area contributed by atoms with Crippen molar-refractivity contribution in [2.45, 2.75) is 13.0 Å². The van der Waals surface area contributed by atoms with Crippen molar-refractivity contribution in [3.8, 4) is 0 Å². The lowest BCUT2D eigenvalue weighted by Gasteiger charge is -2.16. The van der Waals surface area contributed by atoms with E-state index in [0.717, 1.165) is 6.54 Å². The summed E-state index contributed by atoms with van der Waals surface area (Å²) in [6.45, 7) is 2.70. The Morgan fingerprint density at radius 1 is 1.50 bits per heavy atom. The van der Waals surface area contributed by atoms with Crippen LogP contribution in [0.15, 0.2) is 36.0 Å². The maximum atomic E-state index is 12.1. The van der Waals surface area contributed by atoms with Crippen LogP contribution in [0.2, 0.25) is 0 Å². The molecule has 0 amide bonds. The molecule has 0 aliphatic heterocycles. The van der Waals surface area contributed by atoms with Gasteiger partial charge in [-0.2, -0.15) is 0 Å². The van der Waals surface area contributed by atoms with Gasteiger partial charge in [0.25, 0.3) is 0 Å². The fourth-order valence-electron chi connectivity index (χ4n) is 1.75. The molecular formula is C13H20N2O. The van der Waals surface area contributed by atoms with Crippen molar-refractivity contribution in [3.63, 3.8) is 0 Å². The van der Waals surface area contributed by atoms with Gasteiger partial charge in [-0.3, -0.25) is 4.79 Å². The molecule has 1 unspecified atom stereocenters. The van der Waals surface area contributed by atoms with Gasteiger partial charge in [-0.05, 0) is 14.1 Å². The quantitative estimate of drug-likeness (QED) is 0.772. The molecule has 0 saturated carbocycles. The maximum Gasteiger partial charge on any atom is 0.166 e. The Morgan fingerprint density at radius 2 is 2.19 bits per heavy atom. The molecule has 88 valence electrons. The average molecular weight is 220 g/mol. The fourth-order valence-corrected chi connectivity index (χ4v) is 1.75. The van der Waals surface area contributed by atoms with Gasteiger partial charge < -0.3 is 10.6 Å². The molecule has 1 rings (SSSR count). The molecule has 0 spiro atoms. The van der Waals surface area contributed by atoms with E-state index >= 15 is 0 Å². The summed E-state index contributed by atoms with van der Waals surface area (Å²) in [6, 6.07) is -0.166. The topological polar surface area (TPSA) is 46.3 Å². The molecule has 3 heteroatoms. The van der Waals surface area contributed by atoms with Crippen LogP contribution in [-0.4, -0.2) is 37.4 Å². The number of nitrogens with zero attached hydrogens (tertiary/aromatic N) is 1. The number of Topliss-reactive ketones (excluding diaryl/α,β-unsaturated/α-hetero) is 1. The minimum atomic E-state index is -0.166. The van der Waals surface area contributed by atoms with Gasteiger partial charge in [-0.15, -0.1) is 0 Å². The van der Waals surface area contributed by atoms with Crippen molar-refractivity contribution in [3.05, 3.63) is 36.0 Å². The molecule has 0 bridgehead atoms. The van der Waals surface area contributed by atoms with Crippen LogP contribution >= 0.6 is 0 Å². The number of carbonyl (C=O) groups excluding carboxylic acids is 1. The highest BCUT2D eigenvalue weighted by atomic mass is 16.1. The maximum absolute atomic E-state index is 12.1. The molecule has 2 atom stereocenters. The zero-order valence-corrected chi connectivity index (χ0v) is 10.2. The summed E-state index contributed by atoms with van der Waals surface area (Å²) >= 11 is 0. The van der Waals surface area contributed by atoms with Gasteiger partial charge >= 0.3 is 0 Å². The zero-order valence-electron chi connectivity index (χ0n) is 10.2. The van der Waals surface area contributed by atoms with Crippen LogP contribution in [0.4, 0.5) is 0 Å².